The highest BCUT2D eigenvalue weighted by Crippen LogP contribution is 2.36. The lowest BCUT2D eigenvalue weighted by molar-refractivity contribution is 0.0525. The van der Waals surface area contributed by atoms with Crippen LogP contribution in [0.3, 0.4) is 0 Å². The second kappa shape index (κ2) is 7.88. The maximum atomic E-state index is 13.3. The predicted octanol–water partition coefficient (Wildman–Crippen LogP) is 4.01. The Morgan fingerprint density at radius 2 is 1.92 bits per heavy atom. The van der Waals surface area contributed by atoms with Gasteiger partial charge in [0.1, 0.15) is 5.82 Å². The Labute approximate surface area is 145 Å². The number of carbonyl (C=O) groups is 2. The summed E-state index contributed by atoms with van der Waals surface area (Å²) in [6.45, 7) is 5.63. The molecule has 6 heteroatoms. The first kappa shape index (κ1) is 18.6. The number of hydrogen-bond donors (Lipinski definition) is 0. The van der Waals surface area contributed by atoms with Crippen LogP contribution in [0.1, 0.15) is 53.1 Å². The third-order valence-electron chi connectivity index (χ3n) is 3.70. The van der Waals surface area contributed by atoms with Gasteiger partial charge in [-0.3, -0.25) is 4.79 Å². The first-order chi connectivity index (χ1) is 11.9. The summed E-state index contributed by atoms with van der Waals surface area (Å²) < 4.78 is 23.7. The Balaban J connectivity index is 2.91. The van der Waals surface area contributed by atoms with E-state index >= 15 is 0 Å². The summed E-state index contributed by atoms with van der Waals surface area (Å²) in [6, 6.07) is 5.54. The lowest BCUT2D eigenvalue weighted by Crippen LogP contribution is -2.15. The molecule has 0 N–H and O–H groups in total. The SMILES string of the molecule is CCOC(=O)c1c(C(C)C)nc(OC)c(C=O)c1-c1ccc(F)cc1. The van der Waals surface area contributed by atoms with Crippen LogP contribution in [-0.4, -0.2) is 31.0 Å². The van der Waals surface area contributed by atoms with Gasteiger partial charge in [0, 0.05) is 5.56 Å². The van der Waals surface area contributed by atoms with E-state index in [0.29, 0.717) is 23.1 Å². The van der Waals surface area contributed by atoms with Crippen LogP contribution in [0.2, 0.25) is 0 Å². The normalized spacial score (nSPS) is 10.6. The minimum absolute atomic E-state index is 0.117. The number of rotatable bonds is 6. The van der Waals surface area contributed by atoms with E-state index in [-0.39, 0.29) is 29.5 Å². The molecular weight excluding hydrogens is 325 g/mol. The number of nitrogens with zero attached hydrogens (tertiary/aromatic N) is 1. The molecule has 0 radical (unpaired) electrons. The van der Waals surface area contributed by atoms with E-state index < -0.39 is 11.8 Å². The number of halogens is 1. The Morgan fingerprint density at radius 3 is 2.40 bits per heavy atom. The zero-order chi connectivity index (χ0) is 18.6. The van der Waals surface area contributed by atoms with Gasteiger partial charge in [0.2, 0.25) is 5.88 Å². The summed E-state index contributed by atoms with van der Waals surface area (Å²) in [7, 11) is 1.40. The van der Waals surface area contributed by atoms with Crippen molar-refractivity contribution in [1.82, 2.24) is 4.98 Å². The van der Waals surface area contributed by atoms with Gasteiger partial charge >= 0.3 is 5.97 Å². The number of aldehydes is 1. The first-order valence-electron chi connectivity index (χ1n) is 7.94. The van der Waals surface area contributed by atoms with E-state index in [1.807, 2.05) is 13.8 Å². The van der Waals surface area contributed by atoms with E-state index in [1.54, 1.807) is 6.92 Å². The summed E-state index contributed by atoms with van der Waals surface area (Å²) in [5, 5.41) is 0. The molecule has 0 unspecified atom stereocenters. The summed E-state index contributed by atoms with van der Waals surface area (Å²) >= 11 is 0. The van der Waals surface area contributed by atoms with E-state index in [4.69, 9.17) is 9.47 Å². The molecule has 25 heavy (non-hydrogen) atoms. The van der Waals surface area contributed by atoms with Crippen LogP contribution in [0.4, 0.5) is 4.39 Å². The van der Waals surface area contributed by atoms with Crippen LogP contribution in [0.5, 0.6) is 5.88 Å². The molecule has 1 heterocycles. The number of methoxy groups -OCH3 is 1. The van der Waals surface area contributed by atoms with Crippen LogP contribution < -0.4 is 4.74 Å². The van der Waals surface area contributed by atoms with Gasteiger partial charge in [-0.1, -0.05) is 26.0 Å². The molecule has 0 aliphatic carbocycles. The molecule has 2 aromatic rings. The summed E-state index contributed by atoms with van der Waals surface area (Å²) in [6.07, 6.45) is 0.581. The summed E-state index contributed by atoms with van der Waals surface area (Å²) in [4.78, 5) is 28.7. The zero-order valence-electron chi connectivity index (χ0n) is 14.6. The van der Waals surface area contributed by atoms with Crippen LogP contribution in [-0.2, 0) is 4.74 Å². The molecule has 0 saturated carbocycles. The fraction of sp³-hybridized carbons (Fsp3) is 0.316. The molecule has 0 amide bonds. The molecule has 1 aromatic heterocycles. The lowest BCUT2D eigenvalue weighted by atomic mass is 9.91. The second-order valence-electron chi connectivity index (χ2n) is 5.67. The van der Waals surface area contributed by atoms with E-state index in [0.717, 1.165) is 0 Å². The topological polar surface area (TPSA) is 65.5 Å². The standard InChI is InChI=1S/C19H20FNO4/c1-5-25-19(23)16-15(12-6-8-13(20)9-7-12)14(10-22)18(24-4)21-17(16)11(2)3/h6-11H,5H2,1-4H3. The van der Waals surface area contributed by atoms with Crippen molar-refractivity contribution in [2.24, 2.45) is 0 Å². The smallest absolute Gasteiger partial charge is 0.340 e. The number of esters is 1. The lowest BCUT2D eigenvalue weighted by Gasteiger charge is -2.19. The Kier molecular flexibility index (Phi) is 5.85. The molecule has 0 saturated heterocycles. The molecule has 132 valence electrons. The number of aromatic nitrogens is 1. The van der Waals surface area contributed by atoms with Gasteiger partial charge < -0.3 is 9.47 Å². The molecule has 5 nitrogen and oxygen atoms in total. The molecule has 0 fully saturated rings. The van der Waals surface area contributed by atoms with Crippen LogP contribution in [0.15, 0.2) is 24.3 Å². The van der Waals surface area contributed by atoms with Crippen molar-refractivity contribution in [2.75, 3.05) is 13.7 Å². The van der Waals surface area contributed by atoms with Crippen molar-refractivity contribution in [3.05, 3.63) is 46.9 Å². The van der Waals surface area contributed by atoms with Gasteiger partial charge in [0.15, 0.2) is 6.29 Å². The Hall–Kier alpha value is -2.76. The largest absolute Gasteiger partial charge is 0.480 e. The van der Waals surface area contributed by atoms with Crippen LogP contribution >= 0.6 is 0 Å². The van der Waals surface area contributed by atoms with Gasteiger partial charge in [0.25, 0.3) is 0 Å². The van der Waals surface area contributed by atoms with Gasteiger partial charge in [-0.15, -0.1) is 0 Å². The highest BCUT2D eigenvalue weighted by molar-refractivity contribution is 6.04. The second-order valence-corrected chi connectivity index (χ2v) is 5.67. The van der Waals surface area contributed by atoms with Crippen molar-refractivity contribution in [3.8, 4) is 17.0 Å². The zero-order valence-corrected chi connectivity index (χ0v) is 14.6. The molecule has 0 atom stereocenters. The Morgan fingerprint density at radius 1 is 1.28 bits per heavy atom. The van der Waals surface area contributed by atoms with Crippen LogP contribution in [0.25, 0.3) is 11.1 Å². The molecule has 1 aromatic carbocycles. The minimum Gasteiger partial charge on any atom is -0.480 e. The number of hydrogen-bond acceptors (Lipinski definition) is 5. The van der Waals surface area contributed by atoms with Gasteiger partial charge in [0.05, 0.1) is 30.5 Å². The van der Waals surface area contributed by atoms with Gasteiger partial charge in [-0.25, -0.2) is 14.2 Å². The number of benzene rings is 1. The number of carbonyl (C=O) groups excluding carboxylic acids is 2. The average Bonchev–Trinajstić information content (AvgIpc) is 2.60. The molecule has 0 spiro atoms. The Bertz CT molecular complexity index is 785. The molecule has 0 aliphatic heterocycles. The summed E-state index contributed by atoms with van der Waals surface area (Å²) in [5.41, 5.74) is 1.63. The first-order valence-corrected chi connectivity index (χ1v) is 7.94. The monoisotopic (exact) mass is 345 g/mol. The van der Waals surface area contributed by atoms with E-state index in [2.05, 4.69) is 4.98 Å². The third kappa shape index (κ3) is 3.68. The van der Waals surface area contributed by atoms with E-state index in [9.17, 15) is 14.0 Å². The van der Waals surface area contributed by atoms with E-state index in [1.165, 1.54) is 31.4 Å². The van der Waals surface area contributed by atoms with Gasteiger partial charge in [-0.2, -0.15) is 0 Å². The van der Waals surface area contributed by atoms with Crippen molar-refractivity contribution >= 4 is 12.3 Å². The highest BCUT2D eigenvalue weighted by Gasteiger charge is 2.28. The number of pyridine rings is 1. The quantitative estimate of drug-likeness (QED) is 0.585. The predicted molar refractivity (Wildman–Crippen MR) is 91.6 cm³/mol. The van der Waals surface area contributed by atoms with Crippen molar-refractivity contribution in [2.45, 2.75) is 26.7 Å². The van der Waals surface area contributed by atoms with Crippen molar-refractivity contribution < 1.29 is 23.5 Å². The van der Waals surface area contributed by atoms with Crippen LogP contribution in [0, 0.1) is 5.82 Å². The van der Waals surface area contributed by atoms with Gasteiger partial charge in [-0.05, 0) is 30.5 Å². The molecule has 0 aliphatic rings. The molecule has 0 bridgehead atoms. The molecule has 2 rings (SSSR count). The van der Waals surface area contributed by atoms with Crippen molar-refractivity contribution in [1.29, 1.82) is 0 Å². The molecular formula is C19H20FNO4. The minimum atomic E-state index is -0.580. The van der Waals surface area contributed by atoms with Crippen molar-refractivity contribution in [3.63, 3.8) is 0 Å². The fourth-order valence-corrected chi connectivity index (χ4v) is 2.60. The fourth-order valence-electron chi connectivity index (χ4n) is 2.60. The third-order valence-corrected chi connectivity index (χ3v) is 3.70. The summed E-state index contributed by atoms with van der Waals surface area (Å²) in [5.74, 6) is -0.998. The number of ether oxygens (including phenoxy) is 2. The average molecular weight is 345 g/mol. The maximum Gasteiger partial charge on any atom is 0.340 e. The maximum absolute atomic E-state index is 13.3. The highest BCUT2D eigenvalue weighted by atomic mass is 19.1.